The first-order chi connectivity index (χ1) is 16.3. The molecule has 0 bridgehead atoms. The Balaban J connectivity index is 1.83. The molecule has 1 aromatic heterocycles. The van der Waals surface area contributed by atoms with E-state index in [0.29, 0.717) is 17.1 Å². The van der Waals surface area contributed by atoms with E-state index in [0.717, 1.165) is 50.3 Å². The van der Waals surface area contributed by atoms with Crippen molar-refractivity contribution >= 4 is 51.4 Å². The maximum atomic E-state index is 7.59. The molecule has 0 atom stereocenters. The molecule has 0 aliphatic carbocycles. The number of allylic oxidation sites excluding steroid dienone is 1. The van der Waals surface area contributed by atoms with Crippen molar-refractivity contribution in [2.75, 3.05) is 10.6 Å². The van der Waals surface area contributed by atoms with E-state index in [9.17, 15) is 0 Å². The molecular weight excluding hydrogens is 440 g/mol. The zero-order valence-corrected chi connectivity index (χ0v) is 20.8. The quantitative estimate of drug-likeness (QED) is 0.240. The summed E-state index contributed by atoms with van der Waals surface area (Å²) in [5, 5.41) is 16.1. The fraction of sp³-hybridized carbons (Fsp3) is 0.172. The Kier molecular flexibility index (Phi) is 6.71. The van der Waals surface area contributed by atoms with Gasteiger partial charge in [-0.2, -0.15) is 0 Å². The van der Waals surface area contributed by atoms with Crippen LogP contribution in [0.2, 0.25) is 5.02 Å². The Morgan fingerprint density at radius 1 is 0.941 bits per heavy atom. The summed E-state index contributed by atoms with van der Waals surface area (Å²) in [4.78, 5) is 4.89. The van der Waals surface area contributed by atoms with E-state index in [2.05, 4.69) is 81.3 Å². The molecule has 0 aliphatic rings. The number of rotatable bonds is 7. The van der Waals surface area contributed by atoms with Crippen LogP contribution in [0.1, 0.15) is 33.5 Å². The SMILES string of the molecule is C=C(C=N)c1ccc2nc(CNc3cc(C)ccc3C)c(Cl)c(Nc3cc(C)ccc3C)c2c1. The lowest BCUT2D eigenvalue weighted by atomic mass is 10.0. The van der Waals surface area contributed by atoms with Gasteiger partial charge in [0.15, 0.2) is 0 Å². The van der Waals surface area contributed by atoms with Crippen molar-refractivity contribution in [3.05, 3.63) is 99.7 Å². The van der Waals surface area contributed by atoms with E-state index >= 15 is 0 Å². The number of aryl methyl sites for hydroxylation is 4. The van der Waals surface area contributed by atoms with Crippen LogP contribution in [0.15, 0.2) is 61.2 Å². The van der Waals surface area contributed by atoms with Crippen LogP contribution in [0.25, 0.3) is 16.5 Å². The number of fused-ring (bicyclic) bond motifs is 1. The number of anilines is 3. The highest BCUT2D eigenvalue weighted by molar-refractivity contribution is 6.35. The predicted molar refractivity (Wildman–Crippen MR) is 147 cm³/mol. The Bertz CT molecular complexity index is 1420. The minimum atomic E-state index is 0.496. The topological polar surface area (TPSA) is 60.8 Å². The largest absolute Gasteiger partial charge is 0.379 e. The summed E-state index contributed by atoms with van der Waals surface area (Å²) < 4.78 is 0. The van der Waals surface area contributed by atoms with Crippen molar-refractivity contribution in [1.29, 1.82) is 5.41 Å². The van der Waals surface area contributed by atoms with Crippen molar-refractivity contribution in [2.45, 2.75) is 34.2 Å². The minimum absolute atomic E-state index is 0.496. The van der Waals surface area contributed by atoms with E-state index in [1.54, 1.807) is 0 Å². The van der Waals surface area contributed by atoms with Gasteiger partial charge in [0.05, 0.1) is 28.5 Å². The van der Waals surface area contributed by atoms with Crippen molar-refractivity contribution < 1.29 is 0 Å². The molecule has 4 nitrogen and oxygen atoms in total. The van der Waals surface area contributed by atoms with Gasteiger partial charge in [-0.3, -0.25) is 0 Å². The number of hydrogen-bond acceptors (Lipinski definition) is 4. The summed E-state index contributed by atoms with van der Waals surface area (Å²) in [5.74, 6) is 0. The van der Waals surface area contributed by atoms with Gasteiger partial charge in [-0.05, 0) is 85.4 Å². The molecule has 0 saturated carbocycles. The van der Waals surface area contributed by atoms with Gasteiger partial charge >= 0.3 is 0 Å². The van der Waals surface area contributed by atoms with Crippen LogP contribution in [-0.2, 0) is 6.54 Å². The monoisotopic (exact) mass is 468 g/mol. The van der Waals surface area contributed by atoms with Crippen LogP contribution in [-0.4, -0.2) is 11.2 Å². The third kappa shape index (κ3) is 4.82. The van der Waals surface area contributed by atoms with Crippen molar-refractivity contribution in [3.8, 4) is 0 Å². The molecule has 34 heavy (non-hydrogen) atoms. The zero-order valence-electron chi connectivity index (χ0n) is 20.0. The van der Waals surface area contributed by atoms with Crippen LogP contribution < -0.4 is 10.6 Å². The lowest BCUT2D eigenvalue weighted by Crippen LogP contribution is -2.07. The summed E-state index contributed by atoms with van der Waals surface area (Å²) >= 11 is 7.00. The van der Waals surface area contributed by atoms with Gasteiger partial charge in [0, 0.05) is 23.0 Å². The standard InChI is InChI=1S/C29H29ClN4/c1-17-6-8-19(3)25(12-17)32-16-27-28(30)29(34-26-13-18(2)7-9-20(26)4)23-14-22(21(5)15-31)10-11-24(23)33-27/h6-15,31-32H,5,16H2,1-4H3,(H,33,34). The first kappa shape index (κ1) is 23.5. The second-order valence-corrected chi connectivity index (χ2v) is 9.14. The van der Waals surface area contributed by atoms with Crippen LogP contribution in [0.4, 0.5) is 17.1 Å². The molecule has 5 heteroatoms. The predicted octanol–water partition coefficient (Wildman–Crippen LogP) is 8.14. The maximum Gasteiger partial charge on any atom is 0.0881 e. The van der Waals surface area contributed by atoms with Gasteiger partial charge in [0.1, 0.15) is 0 Å². The van der Waals surface area contributed by atoms with E-state index in [-0.39, 0.29) is 0 Å². The smallest absolute Gasteiger partial charge is 0.0881 e. The fourth-order valence-electron chi connectivity index (χ4n) is 3.92. The van der Waals surface area contributed by atoms with Crippen LogP contribution in [0.3, 0.4) is 0 Å². The van der Waals surface area contributed by atoms with E-state index in [1.807, 2.05) is 18.2 Å². The highest BCUT2D eigenvalue weighted by Gasteiger charge is 2.16. The molecule has 0 saturated heterocycles. The average Bonchev–Trinajstić information content (AvgIpc) is 2.83. The second-order valence-electron chi connectivity index (χ2n) is 8.76. The molecule has 0 unspecified atom stereocenters. The van der Waals surface area contributed by atoms with E-state index in [1.165, 1.54) is 17.3 Å². The molecule has 1 heterocycles. The fourth-order valence-corrected chi connectivity index (χ4v) is 4.18. The zero-order chi connectivity index (χ0) is 24.4. The van der Waals surface area contributed by atoms with Gasteiger partial charge in [0.2, 0.25) is 0 Å². The summed E-state index contributed by atoms with van der Waals surface area (Å²) in [7, 11) is 0. The number of halogens is 1. The van der Waals surface area contributed by atoms with Crippen molar-refractivity contribution in [1.82, 2.24) is 4.98 Å². The molecule has 0 amide bonds. The molecule has 3 aromatic carbocycles. The number of nitrogens with zero attached hydrogens (tertiary/aromatic N) is 1. The molecule has 0 radical (unpaired) electrons. The number of nitrogens with one attached hydrogen (secondary N) is 3. The summed E-state index contributed by atoms with van der Waals surface area (Å²) in [6.45, 7) is 12.8. The highest BCUT2D eigenvalue weighted by atomic mass is 35.5. The van der Waals surface area contributed by atoms with Gasteiger partial charge in [-0.1, -0.05) is 48.5 Å². The van der Waals surface area contributed by atoms with Crippen LogP contribution >= 0.6 is 11.6 Å². The summed E-state index contributed by atoms with van der Waals surface area (Å²) in [5.41, 5.74) is 10.6. The Labute approximate surface area is 206 Å². The number of pyridine rings is 1. The first-order valence-electron chi connectivity index (χ1n) is 11.2. The van der Waals surface area contributed by atoms with E-state index in [4.69, 9.17) is 22.0 Å². The molecule has 0 fully saturated rings. The molecule has 172 valence electrons. The lowest BCUT2D eigenvalue weighted by molar-refractivity contribution is 1.06. The number of benzene rings is 3. The Morgan fingerprint density at radius 3 is 2.26 bits per heavy atom. The second kappa shape index (κ2) is 9.70. The number of hydrogen-bond donors (Lipinski definition) is 3. The van der Waals surface area contributed by atoms with Crippen LogP contribution in [0.5, 0.6) is 0 Å². The minimum Gasteiger partial charge on any atom is -0.379 e. The Morgan fingerprint density at radius 2 is 1.59 bits per heavy atom. The summed E-state index contributed by atoms with van der Waals surface area (Å²) in [6, 6.07) is 18.6. The van der Waals surface area contributed by atoms with Gasteiger partial charge in [-0.15, -0.1) is 0 Å². The Hall–Kier alpha value is -3.63. The molecule has 3 N–H and O–H groups in total. The van der Waals surface area contributed by atoms with Gasteiger partial charge in [0.25, 0.3) is 0 Å². The average molecular weight is 469 g/mol. The third-order valence-corrected chi connectivity index (χ3v) is 6.44. The first-order valence-corrected chi connectivity index (χ1v) is 11.6. The maximum absolute atomic E-state index is 7.59. The molecule has 0 aliphatic heterocycles. The summed E-state index contributed by atoms with van der Waals surface area (Å²) in [6.07, 6.45) is 1.26. The molecule has 0 spiro atoms. The normalized spacial score (nSPS) is 10.9. The lowest BCUT2D eigenvalue weighted by Gasteiger charge is -2.18. The van der Waals surface area contributed by atoms with Crippen LogP contribution in [0, 0.1) is 33.1 Å². The van der Waals surface area contributed by atoms with E-state index < -0.39 is 0 Å². The molecule has 4 rings (SSSR count). The van der Waals surface area contributed by atoms with Gasteiger partial charge < -0.3 is 16.0 Å². The third-order valence-electron chi connectivity index (χ3n) is 6.03. The van der Waals surface area contributed by atoms with Crippen molar-refractivity contribution in [3.63, 3.8) is 0 Å². The molecule has 4 aromatic rings. The van der Waals surface area contributed by atoms with Crippen molar-refractivity contribution in [2.24, 2.45) is 0 Å². The number of aromatic nitrogens is 1. The highest BCUT2D eigenvalue weighted by Crippen LogP contribution is 2.37. The van der Waals surface area contributed by atoms with Gasteiger partial charge in [-0.25, -0.2) is 4.98 Å². The molecular formula is C29H29ClN4.